The van der Waals surface area contributed by atoms with Gasteiger partial charge in [0.05, 0.1) is 30.2 Å². The van der Waals surface area contributed by atoms with Crippen molar-refractivity contribution in [2.75, 3.05) is 25.1 Å². The van der Waals surface area contributed by atoms with E-state index in [2.05, 4.69) is 20.2 Å². The first kappa shape index (κ1) is 18.4. The van der Waals surface area contributed by atoms with Crippen molar-refractivity contribution in [1.82, 2.24) is 15.0 Å². The molecule has 1 aliphatic rings. The molecule has 0 spiro atoms. The molecule has 1 fully saturated rings. The number of hydrogen-bond acceptors (Lipinski definition) is 7. The van der Waals surface area contributed by atoms with Crippen molar-refractivity contribution >= 4 is 23.1 Å². The van der Waals surface area contributed by atoms with Gasteiger partial charge in [-0.05, 0) is 25.0 Å². The minimum atomic E-state index is -1.06. The van der Waals surface area contributed by atoms with Crippen LogP contribution in [0.4, 0.5) is 5.82 Å². The normalized spacial score (nSPS) is 14.8. The highest BCUT2D eigenvalue weighted by atomic mass is 32.1. The number of para-hydroxylation sites is 1. The topological polar surface area (TPSA) is 88.4 Å². The predicted octanol–water partition coefficient (Wildman–Crippen LogP) is 3.69. The molecule has 1 aliphatic heterocycles. The van der Waals surface area contributed by atoms with Crippen LogP contribution in [-0.2, 0) is 0 Å². The standard InChI is InChI=1S/C20H20N4O3S/c1-27-17-5-3-2-4-14(17)16-12-28-19(23-16)13-6-8-24(9-7-13)18-11-21-15(10-22-18)20(25)26/h2-5,10-13H,6-9H2,1H3,(H,25,26). The molecule has 0 amide bonds. The lowest BCUT2D eigenvalue weighted by molar-refractivity contribution is 0.0690. The van der Waals surface area contributed by atoms with Crippen molar-refractivity contribution in [1.29, 1.82) is 0 Å². The number of methoxy groups -OCH3 is 1. The lowest BCUT2D eigenvalue weighted by Gasteiger charge is -2.31. The van der Waals surface area contributed by atoms with Crippen LogP contribution in [0.25, 0.3) is 11.3 Å². The van der Waals surface area contributed by atoms with Crippen molar-refractivity contribution in [3.63, 3.8) is 0 Å². The monoisotopic (exact) mass is 396 g/mol. The molecule has 1 N–H and O–H groups in total. The maximum Gasteiger partial charge on any atom is 0.356 e. The molecule has 0 atom stereocenters. The van der Waals surface area contributed by atoms with Gasteiger partial charge in [-0.2, -0.15) is 0 Å². The first-order valence-electron chi connectivity index (χ1n) is 9.05. The predicted molar refractivity (Wildman–Crippen MR) is 107 cm³/mol. The summed E-state index contributed by atoms with van der Waals surface area (Å²) in [6, 6.07) is 7.92. The van der Waals surface area contributed by atoms with E-state index in [0.29, 0.717) is 5.92 Å². The van der Waals surface area contributed by atoms with E-state index < -0.39 is 5.97 Å². The quantitative estimate of drug-likeness (QED) is 0.703. The third-order valence-electron chi connectivity index (χ3n) is 4.93. The second-order valence-electron chi connectivity index (χ2n) is 6.60. The summed E-state index contributed by atoms with van der Waals surface area (Å²) >= 11 is 1.69. The smallest absolute Gasteiger partial charge is 0.356 e. The Hall–Kier alpha value is -3.00. The van der Waals surface area contributed by atoms with E-state index in [9.17, 15) is 4.79 Å². The van der Waals surface area contributed by atoms with Crippen LogP contribution >= 0.6 is 11.3 Å². The molecule has 1 aromatic carbocycles. The Morgan fingerprint density at radius 3 is 2.68 bits per heavy atom. The fraction of sp³-hybridized carbons (Fsp3) is 0.300. The number of nitrogens with zero attached hydrogens (tertiary/aromatic N) is 4. The molecule has 0 bridgehead atoms. The van der Waals surface area contributed by atoms with Crippen molar-refractivity contribution in [2.24, 2.45) is 0 Å². The molecule has 4 rings (SSSR count). The number of carboxylic acids is 1. The van der Waals surface area contributed by atoms with Gasteiger partial charge in [0.1, 0.15) is 11.6 Å². The number of ether oxygens (including phenoxy) is 1. The molecule has 0 saturated carbocycles. The Kier molecular flexibility index (Phi) is 5.21. The van der Waals surface area contributed by atoms with Gasteiger partial charge in [0, 0.05) is 30.0 Å². The maximum atomic E-state index is 10.9. The van der Waals surface area contributed by atoms with E-state index >= 15 is 0 Å². The second kappa shape index (κ2) is 7.93. The minimum absolute atomic E-state index is 0.0368. The van der Waals surface area contributed by atoms with Gasteiger partial charge in [0.25, 0.3) is 0 Å². The van der Waals surface area contributed by atoms with Crippen LogP contribution < -0.4 is 9.64 Å². The van der Waals surface area contributed by atoms with Gasteiger partial charge in [-0.3, -0.25) is 0 Å². The van der Waals surface area contributed by atoms with Crippen LogP contribution in [-0.4, -0.2) is 46.2 Å². The summed E-state index contributed by atoms with van der Waals surface area (Å²) in [5.74, 6) is 0.901. The lowest BCUT2D eigenvalue weighted by atomic mass is 9.97. The summed E-state index contributed by atoms with van der Waals surface area (Å²) in [5.41, 5.74) is 1.93. The summed E-state index contributed by atoms with van der Waals surface area (Å²) in [6.07, 6.45) is 4.79. The Balaban J connectivity index is 1.43. The summed E-state index contributed by atoms with van der Waals surface area (Å²) in [7, 11) is 1.67. The van der Waals surface area contributed by atoms with E-state index in [1.165, 1.54) is 12.4 Å². The fourth-order valence-corrected chi connectivity index (χ4v) is 4.40. The number of carboxylic acid groups (broad SMARTS) is 1. The zero-order valence-electron chi connectivity index (χ0n) is 15.4. The van der Waals surface area contributed by atoms with Crippen LogP contribution in [0.3, 0.4) is 0 Å². The van der Waals surface area contributed by atoms with E-state index in [0.717, 1.165) is 53.8 Å². The van der Waals surface area contributed by atoms with Gasteiger partial charge in [0.15, 0.2) is 5.69 Å². The molecule has 28 heavy (non-hydrogen) atoms. The molecule has 3 aromatic rings. The third-order valence-corrected chi connectivity index (χ3v) is 5.94. The van der Waals surface area contributed by atoms with Crippen LogP contribution in [0.1, 0.15) is 34.3 Å². The molecule has 144 valence electrons. The number of benzene rings is 1. The van der Waals surface area contributed by atoms with Gasteiger partial charge < -0.3 is 14.7 Å². The number of hydrogen-bond donors (Lipinski definition) is 1. The molecular formula is C20H20N4O3S. The van der Waals surface area contributed by atoms with Crippen molar-refractivity contribution in [3.05, 3.63) is 52.7 Å². The average molecular weight is 396 g/mol. The van der Waals surface area contributed by atoms with E-state index in [4.69, 9.17) is 14.8 Å². The fourth-order valence-electron chi connectivity index (χ4n) is 3.41. The first-order chi connectivity index (χ1) is 13.7. The minimum Gasteiger partial charge on any atom is -0.496 e. The Labute approximate surface area is 166 Å². The van der Waals surface area contributed by atoms with Gasteiger partial charge in [-0.25, -0.2) is 19.7 Å². The van der Waals surface area contributed by atoms with E-state index in [1.807, 2.05) is 24.3 Å². The average Bonchev–Trinajstić information content (AvgIpc) is 3.24. The molecule has 0 radical (unpaired) electrons. The number of aromatic carboxylic acids is 1. The highest BCUT2D eigenvalue weighted by molar-refractivity contribution is 7.10. The molecule has 0 unspecified atom stereocenters. The molecule has 3 heterocycles. The van der Waals surface area contributed by atoms with Crippen LogP contribution in [0.2, 0.25) is 0 Å². The summed E-state index contributed by atoms with van der Waals surface area (Å²) in [4.78, 5) is 26.1. The number of aromatic nitrogens is 3. The number of carbonyl (C=O) groups is 1. The maximum absolute atomic E-state index is 10.9. The molecule has 7 nitrogen and oxygen atoms in total. The number of rotatable bonds is 5. The van der Waals surface area contributed by atoms with Crippen LogP contribution in [0, 0.1) is 0 Å². The molecule has 0 aliphatic carbocycles. The van der Waals surface area contributed by atoms with Gasteiger partial charge in [-0.1, -0.05) is 12.1 Å². The summed E-state index contributed by atoms with van der Waals surface area (Å²) in [5, 5.41) is 12.2. The first-order valence-corrected chi connectivity index (χ1v) is 9.93. The summed E-state index contributed by atoms with van der Waals surface area (Å²) < 4.78 is 5.45. The Bertz CT molecular complexity index is 966. The van der Waals surface area contributed by atoms with Crippen LogP contribution in [0.5, 0.6) is 5.75 Å². The highest BCUT2D eigenvalue weighted by Crippen LogP contribution is 2.36. The molecular weight excluding hydrogens is 376 g/mol. The van der Waals surface area contributed by atoms with Gasteiger partial charge in [0.2, 0.25) is 0 Å². The lowest BCUT2D eigenvalue weighted by Crippen LogP contribution is -2.33. The third kappa shape index (κ3) is 3.68. The van der Waals surface area contributed by atoms with Crippen LogP contribution in [0.15, 0.2) is 42.0 Å². The van der Waals surface area contributed by atoms with Gasteiger partial charge in [-0.15, -0.1) is 11.3 Å². The summed E-state index contributed by atoms with van der Waals surface area (Å²) in [6.45, 7) is 1.69. The van der Waals surface area contributed by atoms with E-state index in [-0.39, 0.29) is 5.69 Å². The van der Waals surface area contributed by atoms with Crippen molar-refractivity contribution in [3.8, 4) is 17.0 Å². The second-order valence-corrected chi connectivity index (χ2v) is 7.49. The molecule has 2 aromatic heterocycles. The van der Waals surface area contributed by atoms with E-state index in [1.54, 1.807) is 18.4 Å². The van der Waals surface area contributed by atoms with Crippen molar-refractivity contribution < 1.29 is 14.6 Å². The molecule has 8 heteroatoms. The Morgan fingerprint density at radius 2 is 2.00 bits per heavy atom. The SMILES string of the molecule is COc1ccccc1-c1csc(C2CCN(c3cnc(C(=O)O)cn3)CC2)n1. The number of thiazole rings is 1. The zero-order chi connectivity index (χ0) is 19.5. The highest BCUT2D eigenvalue weighted by Gasteiger charge is 2.24. The van der Waals surface area contributed by atoms with Gasteiger partial charge >= 0.3 is 5.97 Å². The molecule has 1 saturated heterocycles. The zero-order valence-corrected chi connectivity index (χ0v) is 16.2. The largest absolute Gasteiger partial charge is 0.496 e. The number of anilines is 1. The van der Waals surface area contributed by atoms with Crippen molar-refractivity contribution in [2.45, 2.75) is 18.8 Å². The Morgan fingerprint density at radius 1 is 1.21 bits per heavy atom. The number of piperidine rings is 1.